The van der Waals surface area contributed by atoms with E-state index in [9.17, 15) is 14.7 Å². The van der Waals surface area contributed by atoms with Crippen LogP contribution in [0.25, 0.3) is 15.9 Å². The highest BCUT2D eigenvalue weighted by Crippen LogP contribution is 2.36. The summed E-state index contributed by atoms with van der Waals surface area (Å²) in [5.41, 5.74) is 4.43. The molecule has 5 rings (SSSR count). The third kappa shape index (κ3) is 4.71. The molecule has 2 heterocycles. The Hall–Kier alpha value is -3.34. The molecule has 1 amide bonds. The molecule has 0 bridgehead atoms. The van der Waals surface area contributed by atoms with Crippen LogP contribution in [-0.4, -0.2) is 39.6 Å². The minimum atomic E-state index is -0.385. The average molecular weight is 541 g/mol. The molecule has 1 aliphatic rings. The lowest BCUT2D eigenvalue weighted by atomic mass is 10.2. The van der Waals surface area contributed by atoms with E-state index in [0.29, 0.717) is 37.4 Å². The van der Waals surface area contributed by atoms with Gasteiger partial charge in [-0.3, -0.25) is 14.2 Å². The van der Waals surface area contributed by atoms with Crippen molar-refractivity contribution < 1.29 is 14.6 Å². The summed E-state index contributed by atoms with van der Waals surface area (Å²) in [7, 11) is 1.45. The van der Waals surface area contributed by atoms with Crippen LogP contribution in [0.4, 0.5) is 0 Å². The van der Waals surface area contributed by atoms with Crippen molar-refractivity contribution in [2.75, 3.05) is 12.9 Å². The van der Waals surface area contributed by atoms with Gasteiger partial charge in [-0.05, 0) is 61.2 Å². The van der Waals surface area contributed by atoms with Crippen LogP contribution in [0.1, 0.15) is 22.4 Å². The molecule has 2 aromatic heterocycles. The summed E-state index contributed by atoms with van der Waals surface area (Å²) in [6, 6.07) is 11.9. The highest BCUT2D eigenvalue weighted by molar-refractivity contribution is 7.99. The van der Waals surface area contributed by atoms with Crippen molar-refractivity contribution in [1.29, 1.82) is 0 Å². The zero-order valence-electron chi connectivity index (χ0n) is 19.2. The number of hydrogen-bond donors (Lipinski definition) is 2. The normalized spacial score (nSPS) is 12.8. The summed E-state index contributed by atoms with van der Waals surface area (Å²) in [5, 5.41) is 15.7. The standard InChI is InChI=1S/C25H21ClN4O4S2/c1-34-18-6-2-4-14(22(18)32)12-27-29-20(31)13-35-25-28-23-21(17-5-3-7-19(17)36-23)24(33)30(25)16-10-8-15(26)9-11-16/h2,4,6,8-12,32H,3,5,7,13H2,1H3,(H,29,31). The number of methoxy groups -OCH3 is 1. The molecule has 0 spiro atoms. The van der Waals surface area contributed by atoms with Crippen LogP contribution in [0.2, 0.25) is 5.02 Å². The molecule has 2 aromatic carbocycles. The third-order valence-corrected chi connectivity index (χ3v) is 8.14. The molecule has 0 unspecified atom stereocenters. The number of rotatable bonds is 7. The maximum atomic E-state index is 13.6. The van der Waals surface area contributed by atoms with Gasteiger partial charge in [0.15, 0.2) is 16.7 Å². The topological polar surface area (TPSA) is 106 Å². The molecule has 1 aliphatic carbocycles. The summed E-state index contributed by atoms with van der Waals surface area (Å²) >= 11 is 8.76. The molecule has 184 valence electrons. The molecule has 0 atom stereocenters. The number of phenols is 1. The van der Waals surface area contributed by atoms with Crippen LogP contribution in [0.3, 0.4) is 0 Å². The van der Waals surface area contributed by atoms with E-state index in [4.69, 9.17) is 21.3 Å². The van der Waals surface area contributed by atoms with Crippen molar-refractivity contribution in [3.8, 4) is 17.2 Å². The smallest absolute Gasteiger partial charge is 0.267 e. The van der Waals surface area contributed by atoms with E-state index < -0.39 is 0 Å². The number of amides is 1. The minimum Gasteiger partial charge on any atom is -0.504 e. The second kappa shape index (κ2) is 10.3. The van der Waals surface area contributed by atoms with E-state index in [-0.39, 0.29) is 23.0 Å². The first-order valence-electron chi connectivity index (χ1n) is 11.1. The maximum absolute atomic E-state index is 13.6. The molecule has 2 N–H and O–H groups in total. The number of nitrogens with zero attached hydrogens (tertiary/aromatic N) is 3. The highest BCUT2D eigenvalue weighted by Gasteiger charge is 2.24. The quantitative estimate of drug-likeness (QED) is 0.154. The number of fused-ring (bicyclic) bond motifs is 3. The van der Waals surface area contributed by atoms with Gasteiger partial charge in [-0.1, -0.05) is 29.4 Å². The van der Waals surface area contributed by atoms with Gasteiger partial charge >= 0.3 is 0 Å². The lowest BCUT2D eigenvalue weighted by molar-refractivity contribution is -0.118. The number of hydrogen-bond acceptors (Lipinski definition) is 8. The van der Waals surface area contributed by atoms with E-state index >= 15 is 0 Å². The van der Waals surface area contributed by atoms with Crippen molar-refractivity contribution in [2.24, 2.45) is 5.10 Å². The van der Waals surface area contributed by atoms with Crippen molar-refractivity contribution in [1.82, 2.24) is 15.0 Å². The van der Waals surface area contributed by atoms with Crippen LogP contribution >= 0.6 is 34.7 Å². The maximum Gasteiger partial charge on any atom is 0.267 e. The van der Waals surface area contributed by atoms with Crippen LogP contribution in [-0.2, 0) is 17.6 Å². The molecule has 4 aromatic rings. The average Bonchev–Trinajstić information content (AvgIpc) is 3.46. The van der Waals surface area contributed by atoms with Crippen LogP contribution in [0, 0.1) is 0 Å². The Morgan fingerprint density at radius 1 is 1.31 bits per heavy atom. The van der Waals surface area contributed by atoms with Gasteiger partial charge in [-0.25, -0.2) is 10.4 Å². The van der Waals surface area contributed by atoms with Crippen LogP contribution < -0.4 is 15.7 Å². The summed E-state index contributed by atoms with van der Waals surface area (Å²) < 4.78 is 6.61. The first kappa shape index (κ1) is 24.4. The number of carbonyl (C=O) groups is 1. The highest BCUT2D eigenvalue weighted by atomic mass is 35.5. The number of thiophene rings is 1. The number of aryl methyl sites for hydroxylation is 2. The first-order chi connectivity index (χ1) is 17.5. The molecule has 0 saturated carbocycles. The van der Waals surface area contributed by atoms with Gasteiger partial charge < -0.3 is 9.84 Å². The molecule has 8 nitrogen and oxygen atoms in total. The minimum absolute atomic E-state index is 0.0158. The van der Waals surface area contributed by atoms with Crippen molar-refractivity contribution >= 4 is 57.0 Å². The van der Waals surface area contributed by atoms with E-state index in [0.717, 1.165) is 36.6 Å². The predicted molar refractivity (Wildman–Crippen MR) is 143 cm³/mol. The summed E-state index contributed by atoms with van der Waals surface area (Å²) in [6.45, 7) is 0. The number of para-hydroxylation sites is 1. The van der Waals surface area contributed by atoms with Crippen molar-refractivity contribution in [2.45, 2.75) is 24.4 Å². The van der Waals surface area contributed by atoms with Crippen LogP contribution in [0.5, 0.6) is 11.5 Å². The largest absolute Gasteiger partial charge is 0.504 e. The Labute approximate surface area is 219 Å². The Balaban J connectivity index is 1.39. The third-order valence-electron chi connectivity index (χ3n) is 5.77. The van der Waals surface area contributed by atoms with E-state index in [1.807, 2.05) is 0 Å². The SMILES string of the molecule is COc1cccc(C=NNC(=O)CSc2nc3sc4c(c3c(=O)n2-c2ccc(Cl)cc2)CCC4)c1O. The van der Waals surface area contributed by atoms with E-state index in [2.05, 4.69) is 10.5 Å². The molecule has 0 radical (unpaired) electrons. The number of aromatic hydroxyl groups is 1. The van der Waals surface area contributed by atoms with Gasteiger partial charge in [0.1, 0.15) is 4.83 Å². The van der Waals surface area contributed by atoms with Gasteiger partial charge in [-0.15, -0.1) is 11.3 Å². The zero-order valence-corrected chi connectivity index (χ0v) is 21.5. The van der Waals surface area contributed by atoms with Gasteiger partial charge in [-0.2, -0.15) is 5.10 Å². The summed E-state index contributed by atoms with van der Waals surface area (Å²) in [6.07, 6.45) is 4.22. The number of nitrogens with one attached hydrogen (secondary N) is 1. The molecule has 0 aliphatic heterocycles. The number of aromatic nitrogens is 2. The van der Waals surface area contributed by atoms with Gasteiger partial charge in [0.25, 0.3) is 11.5 Å². The number of thioether (sulfide) groups is 1. The molecule has 11 heteroatoms. The Bertz CT molecular complexity index is 1550. The second-order valence-electron chi connectivity index (χ2n) is 8.03. The van der Waals surface area contributed by atoms with Crippen LogP contribution in [0.15, 0.2) is 57.5 Å². The fourth-order valence-corrected chi connectivity index (χ4v) is 6.32. The second-order valence-corrected chi connectivity index (χ2v) is 10.5. The number of hydrazone groups is 1. The lowest BCUT2D eigenvalue weighted by Crippen LogP contribution is -2.24. The van der Waals surface area contributed by atoms with E-state index in [1.165, 1.54) is 18.2 Å². The number of ether oxygens (including phenoxy) is 1. The summed E-state index contributed by atoms with van der Waals surface area (Å²) in [4.78, 5) is 32.8. The lowest BCUT2D eigenvalue weighted by Gasteiger charge is -2.12. The van der Waals surface area contributed by atoms with Gasteiger partial charge in [0.05, 0.1) is 30.2 Å². The Morgan fingerprint density at radius 2 is 2.11 bits per heavy atom. The molecule has 0 saturated heterocycles. The van der Waals surface area contributed by atoms with Gasteiger partial charge in [0, 0.05) is 15.5 Å². The molecule has 0 fully saturated rings. The number of halogens is 1. The Morgan fingerprint density at radius 3 is 2.89 bits per heavy atom. The first-order valence-corrected chi connectivity index (χ1v) is 13.3. The monoisotopic (exact) mass is 540 g/mol. The van der Waals surface area contributed by atoms with Crippen molar-refractivity contribution in [3.63, 3.8) is 0 Å². The number of benzene rings is 2. The van der Waals surface area contributed by atoms with E-state index in [1.54, 1.807) is 58.4 Å². The van der Waals surface area contributed by atoms with Crippen molar-refractivity contribution in [3.05, 3.63) is 73.8 Å². The van der Waals surface area contributed by atoms with Gasteiger partial charge in [0.2, 0.25) is 0 Å². The summed E-state index contributed by atoms with van der Waals surface area (Å²) in [5.74, 6) is -0.163. The zero-order chi connectivity index (χ0) is 25.2. The molecule has 36 heavy (non-hydrogen) atoms. The fraction of sp³-hybridized carbons (Fsp3) is 0.200. The number of carbonyl (C=O) groups excluding carboxylic acids is 1. The predicted octanol–water partition coefficient (Wildman–Crippen LogP) is 4.55. The Kier molecular flexibility index (Phi) is 6.99. The molecular formula is C25H21ClN4O4S2. The molecular weight excluding hydrogens is 520 g/mol. The fourth-order valence-electron chi connectivity index (χ4n) is 4.08. The number of phenolic OH excluding ortho intramolecular Hbond substituents is 1.